The number of hydrogen-bond acceptors (Lipinski definition) is 7. The molecule has 6 rings (SSSR count). The maximum atomic E-state index is 15.4. The van der Waals surface area contributed by atoms with Gasteiger partial charge < -0.3 is 20.5 Å². The van der Waals surface area contributed by atoms with E-state index in [1.807, 2.05) is 0 Å². The van der Waals surface area contributed by atoms with Gasteiger partial charge in [0, 0.05) is 54.8 Å². The number of ether oxygens (including phenoxy) is 1. The van der Waals surface area contributed by atoms with Crippen LogP contribution in [0.1, 0.15) is 31.7 Å². The molecule has 0 radical (unpaired) electrons. The van der Waals surface area contributed by atoms with Crippen molar-refractivity contribution in [1.29, 1.82) is 0 Å². The van der Waals surface area contributed by atoms with Crippen molar-refractivity contribution >= 4 is 40.4 Å². The number of halogens is 2. The van der Waals surface area contributed by atoms with E-state index >= 15 is 8.78 Å². The monoisotopic (exact) mass is 581 g/mol. The van der Waals surface area contributed by atoms with Gasteiger partial charge >= 0.3 is 12.2 Å². The van der Waals surface area contributed by atoms with E-state index in [0.717, 1.165) is 16.7 Å². The fraction of sp³-hybridized carbons (Fsp3) is 0.379. The summed E-state index contributed by atoms with van der Waals surface area (Å²) in [5.41, 5.74) is 0.00179. The number of carbonyl (C=O) groups excluding carboxylic acids is 2. The van der Waals surface area contributed by atoms with Crippen molar-refractivity contribution in [2.75, 3.05) is 36.4 Å². The lowest BCUT2D eigenvalue weighted by Gasteiger charge is -2.29. The smallest absolute Gasteiger partial charge is 0.416 e. The lowest BCUT2D eigenvalue weighted by atomic mass is 10.00. The lowest BCUT2D eigenvalue weighted by Crippen LogP contribution is -2.36. The zero-order chi connectivity index (χ0) is 29.8. The van der Waals surface area contributed by atoms with Crippen molar-refractivity contribution in [1.82, 2.24) is 14.8 Å². The molecule has 3 N–H and O–H groups in total. The van der Waals surface area contributed by atoms with Gasteiger partial charge in [0.05, 0.1) is 30.0 Å². The van der Waals surface area contributed by atoms with Crippen LogP contribution in [0.3, 0.4) is 0 Å². The third-order valence-corrected chi connectivity index (χ3v) is 8.29. The average molecular weight is 582 g/mol. The molecular formula is C29H29F2N5O6. The number of hydrogen-bond donors (Lipinski definition) is 3. The van der Waals surface area contributed by atoms with Gasteiger partial charge in [-0.3, -0.25) is 24.0 Å². The summed E-state index contributed by atoms with van der Waals surface area (Å²) in [5.74, 6) is -1.34. The predicted octanol–water partition coefficient (Wildman–Crippen LogP) is 3.44. The zero-order valence-corrected chi connectivity index (χ0v) is 22.7. The number of likely N-dealkylation sites (tertiary alicyclic amines) is 1. The Bertz CT molecular complexity index is 1670. The normalized spacial score (nSPS) is 21.4. The first-order valence-electron chi connectivity index (χ1n) is 13.7. The van der Waals surface area contributed by atoms with Crippen LogP contribution in [-0.2, 0) is 15.1 Å². The van der Waals surface area contributed by atoms with Gasteiger partial charge in [-0.25, -0.2) is 18.4 Å². The molecule has 0 bridgehead atoms. The van der Waals surface area contributed by atoms with Crippen LogP contribution in [0, 0.1) is 11.6 Å². The minimum Gasteiger partial charge on any atom is -0.464 e. The van der Waals surface area contributed by atoms with E-state index in [4.69, 9.17) is 4.74 Å². The highest BCUT2D eigenvalue weighted by molar-refractivity contribution is 5.90. The highest BCUT2D eigenvalue weighted by Crippen LogP contribution is 2.53. The quantitative estimate of drug-likeness (QED) is 0.387. The van der Waals surface area contributed by atoms with E-state index in [2.05, 4.69) is 15.5 Å². The number of benzene rings is 2. The number of carboxylic acid groups (broad SMARTS) is 1. The minimum atomic E-state index is -1.27. The number of anilines is 2. The molecule has 3 aromatic rings. The fourth-order valence-corrected chi connectivity index (χ4v) is 6.04. The summed E-state index contributed by atoms with van der Waals surface area (Å²) in [6.45, 7) is 2.83. The predicted molar refractivity (Wildman–Crippen MR) is 149 cm³/mol. The number of nitrogens with zero attached hydrogens (tertiary/aromatic N) is 3. The number of rotatable bonds is 7. The Balaban J connectivity index is 1.16. The van der Waals surface area contributed by atoms with Gasteiger partial charge in [-0.2, -0.15) is 0 Å². The van der Waals surface area contributed by atoms with Crippen molar-refractivity contribution in [2.45, 2.75) is 43.9 Å². The Morgan fingerprint density at radius 2 is 1.88 bits per heavy atom. The first kappa shape index (κ1) is 27.6. The molecule has 3 aliphatic rings. The molecule has 2 aromatic carbocycles. The van der Waals surface area contributed by atoms with Crippen LogP contribution in [-0.4, -0.2) is 71.0 Å². The second-order valence-corrected chi connectivity index (χ2v) is 11.0. The number of nitrogens with one attached hydrogen (secondary N) is 2. The summed E-state index contributed by atoms with van der Waals surface area (Å²) in [7, 11) is 0. The van der Waals surface area contributed by atoms with Crippen LogP contribution in [0.25, 0.3) is 10.9 Å². The van der Waals surface area contributed by atoms with E-state index in [-0.39, 0.29) is 41.6 Å². The maximum absolute atomic E-state index is 15.4. The molecule has 1 saturated carbocycles. The van der Waals surface area contributed by atoms with E-state index < -0.39 is 40.9 Å². The van der Waals surface area contributed by atoms with E-state index in [0.29, 0.717) is 43.6 Å². The van der Waals surface area contributed by atoms with Crippen LogP contribution in [0.15, 0.2) is 47.4 Å². The molecule has 2 amide bonds. The largest absolute Gasteiger partial charge is 0.464 e. The van der Waals surface area contributed by atoms with E-state index in [1.165, 1.54) is 30.2 Å². The molecule has 1 aliphatic carbocycles. The molecule has 1 aromatic heterocycles. The van der Waals surface area contributed by atoms with Crippen LogP contribution in [0.5, 0.6) is 0 Å². The summed E-state index contributed by atoms with van der Waals surface area (Å²) in [5, 5.41) is 15.4. The minimum absolute atomic E-state index is 0.00211. The Kier molecular flexibility index (Phi) is 6.84. The molecule has 11 nitrogen and oxygen atoms in total. The summed E-state index contributed by atoms with van der Waals surface area (Å²) in [4.78, 5) is 50.9. The van der Waals surface area contributed by atoms with Gasteiger partial charge in [0.25, 0.3) is 0 Å². The molecule has 13 heteroatoms. The second kappa shape index (κ2) is 10.4. The average Bonchev–Trinajstić information content (AvgIpc) is 3.45. The molecule has 2 saturated heterocycles. The second-order valence-electron chi connectivity index (χ2n) is 11.0. The summed E-state index contributed by atoms with van der Waals surface area (Å²) >= 11 is 0. The van der Waals surface area contributed by atoms with Crippen LogP contribution >= 0.6 is 0 Å². The van der Waals surface area contributed by atoms with Gasteiger partial charge in [0.1, 0.15) is 17.7 Å². The molecule has 0 spiro atoms. The molecule has 3 heterocycles. The number of aromatic nitrogens is 1. The van der Waals surface area contributed by atoms with Crippen LogP contribution in [0.4, 0.5) is 29.7 Å². The molecule has 42 heavy (non-hydrogen) atoms. The Morgan fingerprint density at radius 3 is 2.57 bits per heavy atom. The number of pyridine rings is 1. The van der Waals surface area contributed by atoms with Gasteiger partial charge in [-0.1, -0.05) is 0 Å². The third kappa shape index (κ3) is 4.93. The number of fused-ring (bicyclic) bond motifs is 1. The lowest BCUT2D eigenvalue weighted by molar-refractivity contribution is -0.119. The van der Waals surface area contributed by atoms with Crippen molar-refractivity contribution in [2.24, 2.45) is 0 Å². The highest BCUT2D eigenvalue weighted by atomic mass is 19.1. The van der Waals surface area contributed by atoms with Crippen LogP contribution < -0.4 is 21.0 Å². The number of cyclic esters (lactones) is 1. The van der Waals surface area contributed by atoms with E-state index in [9.17, 15) is 24.3 Å². The third-order valence-electron chi connectivity index (χ3n) is 8.29. The standard InChI is InChI=1S/C29H29F2N5O6/c1-16(37)32-13-19-15-36(28(41)42-19)18-2-3-24(23(31)10-18)33-17-4-8-34(14-17)29(6-7-29)21-12-25-20(11-22(21)30)26(38)5-9-35(25)27(39)40/h2-3,5,9-12,17,19,33H,4,6-8,13-15H2,1H3,(H,32,37)(H,39,40)/t17-,19+/m1/s1. The van der Waals surface area contributed by atoms with Gasteiger partial charge in [-0.15, -0.1) is 0 Å². The van der Waals surface area contributed by atoms with Crippen molar-refractivity contribution in [3.05, 3.63) is 70.0 Å². The molecule has 0 unspecified atom stereocenters. The molecule has 2 atom stereocenters. The molecule has 220 valence electrons. The summed E-state index contributed by atoms with van der Waals surface area (Å²) in [6.07, 6.45) is 0.752. The topological polar surface area (TPSA) is 133 Å². The number of carbonyl (C=O) groups is 3. The van der Waals surface area contributed by atoms with Gasteiger partial charge in [0.2, 0.25) is 5.91 Å². The van der Waals surface area contributed by atoms with Gasteiger partial charge in [0.15, 0.2) is 5.43 Å². The molecule has 2 aliphatic heterocycles. The highest BCUT2D eigenvalue weighted by Gasteiger charge is 2.53. The Labute approximate surface area is 238 Å². The summed E-state index contributed by atoms with van der Waals surface area (Å²) < 4.78 is 36.7. The Hall–Kier alpha value is -4.52. The van der Waals surface area contributed by atoms with E-state index in [1.54, 1.807) is 12.1 Å². The van der Waals surface area contributed by atoms with Gasteiger partial charge in [-0.05, 0) is 49.6 Å². The zero-order valence-electron chi connectivity index (χ0n) is 22.7. The summed E-state index contributed by atoms with van der Waals surface area (Å²) in [6, 6.07) is 7.99. The first-order chi connectivity index (χ1) is 20.1. The van der Waals surface area contributed by atoms with Crippen molar-refractivity contribution in [3.8, 4) is 0 Å². The van der Waals surface area contributed by atoms with Crippen LogP contribution in [0.2, 0.25) is 0 Å². The van der Waals surface area contributed by atoms with Crippen molar-refractivity contribution < 1.29 is 33.0 Å². The fourth-order valence-electron chi connectivity index (χ4n) is 6.04. The number of amides is 2. The Morgan fingerprint density at radius 1 is 1.10 bits per heavy atom. The first-order valence-corrected chi connectivity index (χ1v) is 13.7. The molecule has 3 fully saturated rings. The SMILES string of the molecule is CC(=O)NC[C@H]1CN(c2ccc(N[C@@H]3CCN(C4(c5cc6c(cc5F)c(=O)ccn6C(=O)O)CC4)C3)c(F)c2)C(=O)O1. The molecular weight excluding hydrogens is 552 g/mol. The maximum Gasteiger partial charge on any atom is 0.416 e. The van der Waals surface area contributed by atoms with Crippen molar-refractivity contribution in [3.63, 3.8) is 0 Å².